The second kappa shape index (κ2) is 6.59. The summed E-state index contributed by atoms with van der Waals surface area (Å²) >= 11 is 0. The average Bonchev–Trinajstić information content (AvgIpc) is 2.93. The van der Waals surface area contributed by atoms with Crippen LogP contribution in [0.25, 0.3) is 0 Å². The Balaban J connectivity index is 1.63. The third-order valence-electron chi connectivity index (χ3n) is 8.18. The zero-order valence-electron chi connectivity index (χ0n) is 16.7. The van der Waals surface area contributed by atoms with Crippen molar-refractivity contribution in [2.24, 2.45) is 17.3 Å². The lowest BCUT2D eigenvalue weighted by atomic mass is 9.52. The Morgan fingerprint density at radius 1 is 1.30 bits per heavy atom. The van der Waals surface area contributed by atoms with E-state index in [1.807, 2.05) is 0 Å². The molecule has 2 fully saturated rings. The minimum Gasteiger partial charge on any atom is -0.497 e. The zero-order chi connectivity index (χ0) is 19.4. The Bertz CT molecular complexity index is 744. The summed E-state index contributed by atoms with van der Waals surface area (Å²) in [5.41, 5.74) is 1.40. The number of hydrogen-bond donors (Lipinski definition) is 2. The minimum atomic E-state index is -1.14. The van der Waals surface area contributed by atoms with E-state index in [9.17, 15) is 15.0 Å². The summed E-state index contributed by atoms with van der Waals surface area (Å²) in [6.45, 7) is 3.65. The molecule has 4 nitrogen and oxygen atoms in total. The van der Waals surface area contributed by atoms with Crippen LogP contribution in [-0.2, 0) is 11.2 Å². The minimum absolute atomic E-state index is 0.0511. The number of hydrogen-bond acceptors (Lipinski definition) is 4. The predicted octanol–water partition coefficient (Wildman–Crippen LogP) is 3.62. The molecule has 0 bridgehead atoms. The van der Waals surface area contributed by atoms with Gasteiger partial charge in [0.15, 0.2) is 0 Å². The molecule has 1 aromatic rings. The highest BCUT2D eigenvalue weighted by atomic mass is 16.5. The molecule has 6 atom stereocenters. The van der Waals surface area contributed by atoms with Crippen molar-refractivity contribution in [2.45, 2.75) is 76.4 Å². The Hall–Kier alpha value is -1.39. The molecule has 4 heteroatoms. The zero-order valence-corrected chi connectivity index (χ0v) is 16.7. The summed E-state index contributed by atoms with van der Waals surface area (Å²) in [7, 11) is 1.71. The molecule has 2 N–H and O–H groups in total. The number of fused-ring (bicyclic) bond motifs is 5. The van der Waals surface area contributed by atoms with Gasteiger partial charge in [-0.3, -0.25) is 4.79 Å². The monoisotopic (exact) mass is 372 g/mol. The van der Waals surface area contributed by atoms with E-state index in [1.165, 1.54) is 18.1 Å². The standard InChI is InChI=1S/C23H32O4/c1-14(24)12-21(25)23(26)11-9-20-19-6-4-15-13-16(27-3)5-7-17(15)18(19)8-10-22(20,23)2/h5,7,13,18-21,25-26H,4,6,8-12H2,1-3H3/t18-,19-,20+,21?,22+,23-/m1/s1. The second-order valence-corrected chi connectivity index (χ2v) is 9.32. The normalized spacial score (nSPS) is 38.5. The van der Waals surface area contributed by atoms with E-state index in [0.29, 0.717) is 24.2 Å². The fourth-order valence-corrected chi connectivity index (χ4v) is 6.73. The maximum Gasteiger partial charge on any atom is 0.132 e. The van der Waals surface area contributed by atoms with Crippen LogP contribution in [0.15, 0.2) is 18.2 Å². The molecular weight excluding hydrogens is 340 g/mol. The number of rotatable bonds is 4. The van der Waals surface area contributed by atoms with Crippen molar-refractivity contribution in [3.63, 3.8) is 0 Å². The topological polar surface area (TPSA) is 66.8 Å². The number of carbonyl (C=O) groups is 1. The first-order valence-electron chi connectivity index (χ1n) is 10.4. The van der Waals surface area contributed by atoms with Crippen LogP contribution in [0, 0.1) is 17.3 Å². The fourth-order valence-electron chi connectivity index (χ4n) is 6.73. The number of Topliss-reactive ketones (excluding diaryl/α,β-unsaturated/α-hetero) is 1. The largest absolute Gasteiger partial charge is 0.497 e. The van der Waals surface area contributed by atoms with Crippen molar-refractivity contribution in [3.8, 4) is 5.75 Å². The van der Waals surface area contributed by atoms with Gasteiger partial charge in [-0.25, -0.2) is 0 Å². The maximum atomic E-state index is 11.6. The van der Waals surface area contributed by atoms with Crippen LogP contribution in [0.4, 0.5) is 0 Å². The highest BCUT2D eigenvalue weighted by Crippen LogP contribution is 2.65. The summed E-state index contributed by atoms with van der Waals surface area (Å²) in [5.74, 6) is 2.35. The van der Waals surface area contributed by atoms with Crippen LogP contribution in [0.3, 0.4) is 0 Å². The molecule has 0 aliphatic heterocycles. The lowest BCUT2D eigenvalue weighted by Crippen LogP contribution is -2.57. The van der Waals surface area contributed by atoms with Crippen molar-refractivity contribution < 1.29 is 19.7 Å². The molecular formula is C23H32O4. The van der Waals surface area contributed by atoms with Gasteiger partial charge in [-0.15, -0.1) is 0 Å². The summed E-state index contributed by atoms with van der Waals surface area (Å²) in [5, 5.41) is 22.2. The van der Waals surface area contributed by atoms with Crippen LogP contribution < -0.4 is 4.74 Å². The van der Waals surface area contributed by atoms with Crippen LogP contribution in [0.1, 0.15) is 69.4 Å². The molecule has 2 saturated carbocycles. The van der Waals surface area contributed by atoms with Crippen molar-refractivity contribution in [1.82, 2.24) is 0 Å². The van der Waals surface area contributed by atoms with Gasteiger partial charge in [-0.2, -0.15) is 0 Å². The number of aliphatic hydroxyl groups excluding tert-OH is 1. The lowest BCUT2D eigenvalue weighted by Gasteiger charge is -2.54. The highest BCUT2D eigenvalue weighted by Gasteiger charge is 2.63. The Morgan fingerprint density at radius 3 is 2.78 bits per heavy atom. The highest BCUT2D eigenvalue weighted by molar-refractivity contribution is 5.76. The van der Waals surface area contributed by atoms with E-state index in [2.05, 4.69) is 25.1 Å². The molecule has 0 radical (unpaired) electrons. The van der Waals surface area contributed by atoms with Crippen LogP contribution in [0.5, 0.6) is 5.75 Å². The van der Waals surface area contributed by atoms with Gasteiger partial charge in [0, 0.05) is 11.8 Å². The Morgan fingerprint density at radius 2 is 2.07 bits per heavy atom. The van der Waals surface area contributed by atoms with E-state index < -0.39 is 11.7 Å². The number of ketones is 1. The van der Waals surface area contributed by atoms with E-state index in [0.717, 1.165) is 37.9 Å². The summed E-state index contributed by atoms with van der Waals surface area (Å²) in [6.07, 6.45) is 4.74. The summed E-state index contributed by atoms with van der Waals surface area (Å²) < 4.78 is 5.40. The molecule has 0 heterocycles. The van der Waals surface area contributed by atoms with Crippen molar-refractivity contribution >= 4 is 5.78 Å². The third kappa shape index (κ3) is 2.75. The number of aryl methyl sites for hydroxylation is 1. The molecule has 0 spiro atoms. The molecule has 0 amide bonds. The smallest absolute Gasteiger partial charge is 0.132 e. The lowest BCUT2D eigenvalue weighted by molar-refractivity contribution is -0.169. The van der Waals surface area contributed by atoms with E-state index in [4.69, 9.17) is 4.74 Å². The summed E-state index contributed by atoms with van der Waals surface area (Å²) in [4.78, 5) is 11.6. The number of carbonyl (C=O) groups excluding carboxylic acids is 1. The maximum absolute atomic E-state index is 11.6. The van der Waals surface area contributed by atoms with Crippen LogP contribution in [-0.4, -0.2) is 34.8 Å². The van der Waals surface area contributed by atoms with E-state index >= 15 is 0 Å². The molecule has 3 aliphatic rings. The van der Waals surface area contributed by atoms with Gasteiger partial charge in [-0.05, 0) is 86.5 Å². The molecule has 4 rings (SSSR count). The number of benzene rings is 1. The Kier molecular flexibility index (Phi) is 4.63. The first-order valence-corrected chi connectivity index (χ1v) is 10.4. The summed E-state index contributed by atoms with van der Waals surface area (Å²) in [6, 6.07) is 6.48. The first kappa shape index (κ1) is 18.9. The van der Waals surface area contributed by atoms with Crippen LogP contribution >= 0.6 is 0 Å². The van der Waals surface area contributed by atoms with E-state index in [-0.39, 0.29) is 17.6 Å². The molecule has 0 aromatic heterocycles. The Labute approximate surface area is 161 Å². The second-order valence-electron chi connectivity index (χ2n) is 9.32. The predicted molar refractivity (Wildman–Crippen MR) is 104 cm³/mol. The van der Waals surface area contributed by atoms with Crippen molar-refractivity contribution in [2.75, 3.05) is 7.11 Å². The molecule has 148 valence electrons. The van der Waals surface area contributed by atoms with E-state index in [1.54, 1.807) is 7.11 Å². The third-order valence-corrected chi connectivity index (χ3v) is 8.18. The van der Waals surface area contributed by atoms with Gasteiger partial charge in [-0.1, -0.05) is 13.0 Å². The van der Waals surface area contributed by atoms with Gasteiger partial charge in [0.1, 0.15) is 11.5 Å². The molecule has 3 aliphatic carbocycles. The molecule has 1 unspecified atom stereocenters. The van der Waals surface area contributed by atoms with Gasteiger partial charge in [0.05, 0.1) is 18.8 Å². The van der Waals surface area contributed by atoms with Gasteiger partial charge < -0.3 is 14.9 Å². The SMILES string of the molecule is COc1ccc2c(c1)CC[C@@H]1[C@@H]2CC[C@@]2(C)[C@H]1CC[C@@]2(O)C(O)CC(C)=O. The number of aliphatic hydroxyl groups is 2. The van der Waals surface area contributed by atoms with Crippen LogP contribution in [0.2, 0.25) is 0 Å². The average molecular weight is 373 g/mol. The van der Waals surface area contributed by atoms with Gasteiger partial charge >= 0.3 is 0 Å². The quantitative estimate of drug-likeness (QED) is 0.847. The molecule has 0 saturated heterocycles. The first-order chi connectivity index (χ1) is 12.8. The molecule has 1 aromatic carbocycles. The fraction of sp³-hybridized carbons (Fsp3) is 0.696. The van der Waals surface area contributed by atoms with Crippen molar-refractivity contribution in [1.29, 1.82) is 0 Å². The number of ether oxygens (including phenoxy) is 1. The molecule has 27 heavy (non-hydrogen) atoms. The number of methoxy groups -OCH3 is 1. The van der Waals surface area contributed by atoms with Gasteiger partial charge in [0.25, 0.3) is 0 Å². The van der Waals surface area contributed by atoms with Crippen molar-refractivity contribution in [3.05, 3.63) is 29.3 Å². The van der Waals surface area contributed by atoms with Gasteiger partial charge in [0.2, 0.25) is 0 Å².